The zero-order chi connectivity index (χ0) is 18.7. The highest BCUT2D eigenvalue weighted by molar-refractivity contribution is 6.34. The van der Waals surface area contributed by atoms with Gasteiger partial charge in [0.25, 0.3) is 5.91 Å². The third-order valence-corrected chi connectivity index (χ3v) is 4.94. The van der Waals surface area contributed by atoms with Crippen molar-refractivity contribution in [3.63, 3.8) is 0 Å². The first-order valence-electron chi connectivity index (χ1n) is 8.77. The van der Waals surface area contributed by atoms with Gasteiger partial charge < -0.3 is 10.2 Å². The lowest BCUT2D eigenvalue weighted by molar-refractivity contribution is 0.101. The number of benzene rings is 1. The standard InChI is InChI=1S/C20H22ClN3O2/c1-13-4-3-9-24(12-13)19-11-16(7-8-22-19)20(26)23-18-10-15(14(2)25)5-6-17(18)21/h5-8,10-11,13H,3-4,9,12H2,1-2H3,(H,23,26). The molecule has 1 aromatic heterocycles. The number of carbonyl (C=O) groups is 2. The minimum atomic E-state index is -0.277. The molecular formula is C20H22ClN3O2. The molecule has 5 nitrogen and oxygen atoms in total. The first kappa shape index (κ1) is 18.4. The number of nitrogens with one attached hydrogen (secondary N) is 1. The van der Waals surface area contributed by atoms with Crippen LogP contribution in [0.25, 0.3) is 0 Å². The van der Waals surface area contributed by atoms with Gasteiger partial charge >= 0.3 is 0 Å². The van der Waals surface area contributed by atoms with Crippen molar-refractivity contribution in [3.8, 4) is 0 Å². The molecule has 0 aliphatic carbocycles. The Kier molecular flexibility index (Phi) is 5.57. The Hall–Kier alpha value is -2.40. The van der Waals surface area contributed by atoms with Gasteiger partial charge in [-0.05, 0) is 56.0 Å². The molecule has 6 heteroatoms. The Bertz CT molecular complexity index is 838. The second-order valence-electron chi connectivity index (χ2n) is 6.80. The number of carbonyl (C=O) groups excluding carboxylic acids is 2. The van der Waals surface area contributed by atoms with E-state index in [9.17, 15) is 9.59 Å². The number of anilines is 2. The second kappa shape index (κ2) is 7.87. The number of rotatable bonds is 4. The average molecular weight is 372 g/mol. The van der Waals surface area contributed by atoms with E-state index in [0.29, 0.717) is 27.8 Å². The molecule has 2 heterocycles. The van der Waals surface area contributed by atoms with Crippen LogP contribution in [0, 0.1) is 5.92 Å². The second-order valence-corrected chi connectivity index (χ2v) is 7.21. The molecule has 1 amide bonds. The Balaban J connectivity index is 1.79. The van der Waals surface area contributed by atoms with E-state index in [1.165, 1.54) is 13.3 Å². The number of amides is 1. The molecule has 1 aromatic carbocycles. The van der Waals surface area contributed by atoms with Crippen LogP contribution in [0.3, 0.4) is 0 Å². The maximum atomic E-state index is 12.6. The summed E-state index contributed by atoms with van der Waals surface area (Å²) in [5.74, 6) is 1.08. The number of hydrogen-bond donors (Lipinski definition) is 1. The summed E-state index contributed by atoms with van der Waals surface area (Å²) in [5.41, 5.74) is 1.44. The Morgan fingerprint density at radius 1 is 1.23 bits per heavy atom. The largest absolute Gasteiger partial charge is 0.356 e. The van der Waals surface area contributed by atoms with Crippen molar-refractivity contribution in [1.29, 1.82) is 0 Å². The monoisotopic (exact) mass is 371 g/mol. The van der Waals surface area contributed by atoms with E-state index < -0.39 is 0 Å². The SMILES string of the molecule is CC(=O)c1ccc(Cl)c(NC(=O)c2ccnc(N3CCCC(C)C3)c2)c1. The normalized spacial score (nSPS) is 17.0. The van der Waals surface area contributed by atoms with E-state index in [1.54, 1.807) is 36.5 Å². The predicted molar refractivity (Wildman–Crippen MR) is 104 cm³/mol. The van der Waals surface area contributed by atoms with Crippen LogP contribution in [-0.4, -0.2) is 29.8 Å². The van der Waals surface area contributed by atoms with E-state index >= 15 is 0 Å². The molecule has 1 aliphatic rings. The first-order chi connectivity index (χ1) is 12.4. The molecule has 1 fully saturated rings. The van der Waals surface area contributed by atoms with E-state index in [-0.39, 0.29) is 11.7 Å². The number of piperidine rings is 1. The number of Topliss-reactive ketones (excluding diaryl/α,β-unsaturated/α-hetero) is 1. The quantitative estimate of drug-likeness (QED) is 0.808. The lowest BCUT2D eigenvalue weighted by Gasteiger charge is -2.31. The van der Waals surface area contributed by atoms with Crippen LogP contribution in [0.4, 0.5) is 11.5 Å². The number of aromatic nitrogens is 1. The fourth-order valence-electron chi connectivity index (χ4n) is 3.16. The summed E-state index contributed by atoms with van der Waals surface area (Å²) >= 11 is 6.15. The van der Waals surface area contributed by atoms with Crippen molar-refractivity contribution in [1.82, 2.24) is 4.98 Å². The summed E-state index contributed by atoms with van der Waals surface area (Å²) in [7, 11) is 0. The minimum absolute atomic E-state index is 0.0809. The molecule has 1 unspecified atom stereocenters. The van der Waals surface area contributed by atoms with Crippen LogP contribution in [0.1, 0.15) is 47.4 Å². The summed E-state index contributed by atoms with van der Waals surface area (Å²) < 4.78 is 0. The van der Waals surface area contributed by atoms with Crippen molar-refractivity contribution in [3.05, 3.63) is 52.7 Å². The van der Waals surface area contributed by atoms with Crippen LogP contribution >= 0.6 is 11.6 Å². The minimum Gasteiger partial charge on any atom is -0.356 e. The Morgan fingerprint density at radius 2 is 2.04 bits per heavy atom. The molecule has 0 spiro atoms. The highest BCUT2D eigenvalue weighted by atomic mass is 35.5. The fourth-order valence-corrected chi connectivity index (χ4v) is 3.33. The van der Waals surface area contributed by atoms with Gasteiger partial charge in [-0.3, -0.25) is 9.59 Å². The van der Waals surface area contributed by atoms with E-state index in [0.717, 1.165) is 25.3 Å². The van der Waals surface area contributed by atoms with Gasteiger partial charge in [0.2, 0.25) is 0 Å². The van der Waals surface area contributed by atoms with E-state index in [2.05, 4.69) is 22.1 Å². The molecule has 0 radical (unpaired) electrons. The summed E-state index contributed by atoms with van der Waals surface area (Å²) in [4.78, 5) is 30.8. The lowest BCUT2D eigenvalue weighted by atomic mass is 10.0. The van der Waals surface area contributed by atoms with Gasteiger partial charge in [-0.15, -0.1) is 0 Å². The number of nitrogens with zero attached hydrogens (tertiary/aromatic N) is 2. The molecule has 3 rings (SSSR count). The Morgan fingerprint density at radius 3 is 2.77 bits per heavy atom. The molecule has 136 valence electrons. The van der Waals surface area contributed by atoms with Crippen molar-refractivity contribution in [2.75, 3.05) is 23.3 Å². The summed E-state index contributed by atoms with van der Waals surface area (Å²) in [6.07, 6.45) is 4.01. The molecule has 1 N–H and O–H groups in total. The first-order valence-corrected chi connectivity index (χ1v) is 9.14. The molecule has 0 saturated carbocycles. The highest BCUT2D eigenvalue weighted by Gasteiger charge is 2.19. The van der Waals surface area contributed by atoms with Crippen LogP contribution in [-0.2, 0) is 0 Å². The zero-order valence-electron chi connectivity index (χ0n) is 15.0. The van der Waals surface area contributed by atoms with Crippen LogP contribution in [0.2, 0.25) is 5.02 Å². The van der Waals surface area contributed by atoms with E-state index in [1.807, 2.05) is 0 Å². The van der Waals surface area contributed by atoms with Gasteiger partial charge in [-0.2, -0.15) is 0 Å². The van der Waals surface area contributed by atoms with Gasteiger partial charge in [-0.25, -0.2) is 4.98 Å². The number of ketones is 1. The summed E-state index contributed by atoms with van der Waals surface area (Å²) in [6, 6.07) is 8.32. The number of hydrogen-bond acceptors (Lipinski definition) is 4. The topological polar surface area (TPSA) is 62.3 Å². The average Bonchev–Trinajstić information content (AvgIpc) is 2.63. The van der Waals surface area contributed by atoms with Gasteiger partial charge in [0.05, 0.1) is 10.7 Å². The van der Waals surface area contributed by atoms with Gasteiger partial charge in [-0.1, -0.05) is 18.5 Å². The van der Waals surface area contributed by atoms with Crippen LogP contribution in [0.15, 0.2) is 36.5 Å². The summed E-state index contributed by atoms with van der Waals surface area (Å²) in [5, 5.41) is 3.18. The molecular weight excluding hydrogens is 350 g/mol. The van der Waals surface area contributed by atoms with E-state index in [4.69, 9.17) is 11.6 Å². The van der Waals surface area contributed by atoms with Crippen LogP contribution < -0.4 is 10.2 Å². The van der Waals surface area contributed by atoms with Crippen molar-refractivity contribution < 1.29 is 9.59 Å². The van der Waals surface area contributed by atoms with Gasteiger partial charge in [0.15, 0.2) is 5.78 Å². The molecule has 2 aromatic rings. The zero-order valence-corrected chi connectivity index (χ0v) is 15.7. The highest BCUT2D eigenvalue weighted by Crippen LogP contribution is 2.25. The molecule has 1 saturated heterocycles. The molecule has 1 atom stereocenters. The van der Waals surface area contributed by atoms with Crippen molar-refractivity contribution in [2.45, 2.75) is 26.7 Å². The molecule has 0 bridgehead atoms. The molecule has 26 heavy (non-hydrogen) atoms. The maximum absolute atomic E-state index is 12.6. The van der Waals surface area contributed by atoms with Crippen molar-refractivity contribution in [2.24, 2.45) is 5.92 Å². The smallest absolute Gasteiger partial charge is 0.255 e. The third kappa shape index (κ3) is 4.22. The van der Waals surface area contributed by atoms with Crippen molar-refractivity contribution >= 4 is 34.8 Å². The lowest BCUT2D eigenvalue weighted by Crippen LogP contribution is -2.34. The summed E-state index contributed by atoms with van der Waals surface area (Å²) in [6.45, 7) is 5.61. The number of halogens is 1. The number of pyridine rings is 1. The van der Waals surface area contributed by atoms with Gasteiger partial charge in [0.1, 0.15) is 5.82 Å². The molecule has 1 aliphatic heterocycles. The predicted octanol–water partition coefficient (Wildman–Crippen LogP) is 4.43. The Labute approximate surface area is 158 Å². The third-order valence-electron chi connectivity index (χ3n) is 4.61. The van der Waals surface area contributed by atoms with Crippen LogP contribution in [0.5, 0.6) is 0 Å². The fraction of sp³-hybridized carbons (Fsp3) is 0.350. The maximum Gasteiger partial charge on any atom is 0.255 e. The van der Waals surface area contributed by atoms with Gasteiger partial charge in [0, 0.05) is 30.4 Å².